The van der Waals surface area contributed by atoms with Gasteiger partial charge in [0.25, 0.3) is 0 Å². The van der Waals surface area contributed by atoms with Gasteiger partial charge in [0.1, 0.15) is 5.52 Å². The number of rotatable bonds is 2. The van der Waals surface area contributed by atoms with Gasteiger partial charge >= 0.3 is 0 Å². The Labute approximate surface area is 146 Å². The number of carbonyl (C=O) groups is 1. The lowest BCUT2D eigenvalue weighted by Gasteiger charge is -2.33. The number of aromatic nitrogens is 1. The molecule has 0 N–H and O–H groups in total. The largest absolute Gasteiger partial charge is 0.440 e. The first-order valence-corrected chi connectivity index (χ1v) is 9.08. The number of piperidine rings is 1. The molecular formula is C19H21ClN2O2. The molecule has 2 aliphatic rings. The highest BCUT2D eigenvalue weighted by Crippen LogP contribution is 2.32. The van der Waals surface area contributed by atoms with Crippen molar-refractivity contribution in [3.8, 4) is 0 Å². The van der Waals surface area contributed by atoms with E-state index in [-0.39, 0.29) is 11.8 Å². The van der Waals surface area contributed by atoms with Gasteiger partial charge in [0.05, 0.1) is 0 Å². The van der Waals surface area contributed by atoms with Crippen molar-refractivity contribution >= 4 is 28.6 Å². The van der Waals surface area contributed by atoms with Gasteiger partial charge in [-0.15, -0.1) is 0 Å². The van der Waals surface area contributed by atoms with Crippen LogP contribution < -0.4 is 0 Å². The first-order valence-electron chi connectivity index (χ1n) is 8.70. The zero-order valence-electron chi connectivity index (χ0n) is 13.6. The lowest BCUT2D eigenvalue weighted by Crippen LogP contribution is -2.41. The van der Waals surface area contributed by atoms with E-state index in [4.69, 9.17) is 16.0 Å². The Hall–Kier alpha value is -1.81. The Bertz CT molecular complexity index is 775. The molecule has 2 heterocycles. The molecule has 2 aromatic rings. The Morgan fingerprint density at radius 1 is 1.21 bits per heavy atom. The summed E-state index contributed by atoms with van der Waals surface area (Å²) < 4.78 is 5.89. The lowest BCUT2D eigenvalue weighted by molar-refractivity contribution is -0.136. The van der Waals surface area contributed by atoms with Crippen LogP contribution in [0.4, 0.5) is 0 Å². The first-order chi connectivity index (χ1) is 11.7. The molecule has 4 nitrogen and oxygen atoms in total. The zero-order chi connectivity index (χ0) is 16.5. The van der Waals surface area contributed by atoms with Gasteiger partial charge in [0, 0.05) is 29.9 Å². The van der Waals surface area contributed by atoms with Crippen LogP contribution in [0, 0.1) is 5.92 Å². The second-order valence-corrected chi connectivity index (χ2v) is 7.18. The van der Waals surface area contributed by atoms with E-state index >= 15 is 0 Å². The lowest BCUT2D eigenvalue weighted by atomic mass is 9.91. The maximum Gasteiger partial charge on any atom is 0.226 e. The topological polar surface area (TPSA) is 46.3 Å². The molecular weight excluding hydrogens is 324 g/mol. The monoisotopic (exact) mass is 344 g/mol. The van der Waals surface area contributed by atoms with E-state index in [1.807, 2.05) is 23.1 Å². The fourth-order valence-corrected chi connectivity index (χ4v) is 3.88. The molecule has 1 aliphatic heterocycles. The van der Waals surface area contributed by atoms with E-state index in [1.54, 1.807) is 0 Å². The minimum absolute atomic E-state index is 0.179. The molecule has 1 aromatic carbocycles. The van der Waals surface area contributed by atoms with E-state index in [2.05, 4.69) is 17.1 Å². The number of likely N-dealkylation sites (tertiary alicyclic amines) is 1. The summed E-state index contributed by atoms with van der Waals surface area (Å²) in [5.41, 5.74) is 1.59. The Kier molecular flexibility index (Phi) is 4.31. The van der Waals surface area contributed by atoms with Gasteiger partial charge in [-0.1, -0.05) is 23.8 Å². The van der Waals surface area contributed by atoms with Crippen LogP contribution in [0.15, 0.2) is 34.8 Å². The third kappa shape index (κ3) is 3.07. The maximum atomic E-state index is 12.6. The van der Waals surface area contributed by atoms with Crippen molar-refractivity contribution in [1.82, 2.24) is 9.88 Å². The average molecular weight is 345 g/mol. The number of hydrogen-bond donors (Lipinski definition) is 0. The van der Waals surface area contributed by atoms with Crippen LogP contribution in [-0.4, -0.2) is 28.9 Å². The van der Waals surface area contributed by atoms with E-state index in [0.29, 0.717) is 10.9 Å². The Morgan fingerprint density at radius 3 is 2.79 bits per heavy atom. The van der Waals surface area contributed by atoms with Gasteiger partial charge in [0.15, 0.2) is 11.5 Å². The van der Waals surface area contributed by atoms with E-state index in [9.17, 15) is 4.79 Å². The second kappa shape index (κ2) is 6.60. The minimum Gasteiger partial charge on any atom is -0.440 e. The normalized spacial score (nSPS) is 22.2. The zero-order valence-corrected chi connectivity index (χ0v) is 14.3. The van der Waals surface area contributed by atoms with Gasteiger partial charge in [-0.05, 0) is 50.3 Å². The molecule has 1 aromatic heterocycles. The summed E-state index contributed by atoms with van der Waals surface area (Å²) in [4.78, 5) is 19.2. The van der Waals surface area contributed by atoms with Crippen LogP contribution in [0.2, 0.25) is 5.02 Å². The van der Waals surface area contributed by atoms with Crippen molar-refractivity contribution < 1.29 is 9.21 Å². The number of nitrogens with zero attached hydrogens (tertiary/aromatic N) is 2. The molecule has 1 fully saturated rings. The van der Waals surface area contributed by atoms with Gasteiger partial charge < -0.3 is 9.32 Å². The number of allylic oxidation sites excluding steroid dienone is 2. The van der Waals surface area contributed by atoms with Gasteiger partial charge in [-0.2, -0.15) is 0 Å². The first kappa shape index (κ1) is 15.7. The molecule has 0 radical (unpaired) electrons. The summed E-state index contributed by atoms with van der Waals surface area (Å²) in [5.74, 6) is 1.56. The summed E-state index contributed by atoms with van der Waals surface area (Å²) in [5, 5.41) is 0.671. The number of hydrogen-bond acceptors (Lipinski definition) is 3. The molecule has 1 aliphatic carbocycles. The standard InChI is InChI=1S/C19H21ClN2O2/c20-15-6-7-17-16(12-15)21-18(24-17)13-8-10-22(11-9-13)19(23)14-4-2-1-3-5-14/h1-2,6-7,12-14H,3-5,8-11H2. The Morgan fingerprint density at radius 2 is 2.04 bits per heavy atom. The van der Waals surface area contributed by atoms with Crippen molar-refractivity contribution in [1.29, 1.82) is 0 Å². The molecule has 126 valence electrons. The summed E-state index contributed by atoms with van der Waals surface area (Å²) in [7, 11) is 0. The third-order valence-electron chi connectivity index (χ3n) is 5.14. The highest BCUT2D eigenvalue weighted by Gasteiger charge is 2.30. The maximum absolute atomic E-state index is 12.6. The van der Waals surface area contributed by atoms with Crippen LogP contribution in [0.3, 0.4) is 0 Å². The van der Waals surface area contributed by atoms with Crippen molar-refractivity contribution in [2.45, 2.75) is 38.0 Å². The molecule has 0 bridgehead atoms. The number of amides is 1. The van der Waals surface area contributed by atoms with Crippen molar-refractivity contribution in [2.75, 3.05) is 13.1 Å². The fraction of sp³-hybridized carbons (Fsp3) is 0.474. The average Bonchev–Trinajstić information content (AvgIpc) is 3.05. The van der Waals surface area contributed by atoms with Gasteiger partial charge in [0.2, 0.25) is 5.91 Å². The molecule has 1 unspecified atom stereocenters. The predicted octanol–water partition coefficient (Wildman–Crippen LogP) is 4.54. The summed E-state index contributed by atoms with van der Waals surface area (Å²) in [6, 6.07) is 5.52. The van der Waals surface area contributed by atoms with Gasteiger partial charge in [-0.3, -0.25) is 4.79 Å². The predicted molar refractivity (Wildman–Crippen MR) is 94.1 cm³/mol. The quantitative estimate of drug-likeness (QED) is 0.751. The minimum atomic E-state index is 0.179. The van der Waals surface area contributed by atoms with E-state index in [0.717, 1.165) is 62.2 Å². The van der Waals surface area contributed by atoms with Gasteiger partial charge in [-0.25, -0.2) is 4.98 Å². The van der Waals surface area contributed by atoms with Crippen LogP contribution in [-0.2, 0) is 4.79 Å². The summed E-state index contributed by atoms with van der Waals surface area (Å²) in [6.07, 6.45) is 9.05. The summed E-state index contributed by atoms with van der Waals surface area (Å²) in [6.45, 7) is 1.59. The smallest absolute Gasteiger partial charge is 0.226 e. The van der Waals surface area contributed by atoms with Crippen LogP contribution in [0.5, 0.6) is 0 Å². The van der Waals surface area contributed by atoms with Crippen LogP contribution in [0.1, 0.15) is 43.9 Å². The molecule has 0 saturated carbocycles. The van der Waals surface area contributed by atoms with E-state index < -0.39 is 0 Å². The van der Waals surface area contributed by atoms with Crippen LogP contribution in [0.25, 0.3) is 11.1 Å². The van der Waals surface area contributed by atoms with E-state index in [1.165, 1.54) is 0 Å². The van der Waals surface area contributed by atoms with Crippen LogP contribution >= 0.6 is 11.6 Å². The highest BCUT2D eigenvalue weighted by atomic mass is 35.5. The molecule has 1 saturated heterocycles. The SMILES string of the molecule is O=C(C1CC=CCC1)N1CCC(c2nc3cc(Cl)ccc3o2)CC1. The number of carbonyl (C=O) groups excluding carboxylic acids is 1. The number of benzene rings is 1. The van der Waals surface area contributed by atoms with Crippen molar-refractivity contribution in [3.05, 3.63) is 41.3 Å². The second-order valence-electron chi connectivity index (χ2n) is 6.75. The third-order valence-corrected chi connectivity index (χ3v) is 5.38. The molecule has 1 atom stereocenters. The molecule has 1 amide bonds. The molecule has 24 heavy (non-hydrogen) atoms. The molecule has 4 rings (SSSR count). The molecule has 5 heteroatoms. The number of halogens is 1. The van der Waals surface area contributed by atoms with Crippen molar-refractivity contribution in [3.63, 3.8) is 0 Å². The Balaban J connectivity index is 1.41. The number of oxazole rings is 1. The summed E-state index contributed by atoms with van der Waals surface area (Å²) >= 11 is 6.01. The number of fused-ring (bicyclic) bond motifs is 1. The fourth-order valence-electron chi connectivity index (χ4n) is 3.72. The highest BCUT2D eigenvalue weighted by molar-refractivity contribution is 6.31. The molecule has 0 spiro atoms. The van der Waals surface area contributed by atoms with Crippen molar-refractivity contribution in [2.24, 2.45) is 5.92 Å².